The molecule has 1 aliphatic heterocycles. The van der Waals surface area contributed by atoms with Gasteiger partial charge in [0.2, 0.25) is 0 Å². The summed E-state index contributed by atoms with van der Waals surface area (Å²) < 4.78 is 42.6. The summed E-state index contributed by atoms with van der Waals surface area (Å²) in [6.07, 6.45) is -6.22. The predicted octanol–water partition coefficient (Wildman–Crippen LogP) is 1.42. The second-order valence-electron chi connectivity index (χ2n) is 4.20. The van der Waals surface area contributed by atoms with Gasteiger partial charge in [-0.3, -0.25) is 0 Å². The van der Waals surface area contributed by atoms with E-state index in [0.717, 1.165) is 0 Å². The van der Waals surface area contributed by atoms with E-state index in [0.29, 0.717) is 17.9 Å². The molecule has 5 nitrogen and oxygen atoms in total. The first-order chi connectivity index (χ1) is 8.91. The van der Waals surface area contributed by atoms with Gasteiger partial charge in [0.15, 0.2) is 17.6 Å². The molecule has 0 amide bonds. The van der Waals surface area contributed by atoms with Crippen molar-refractivity contribution in [3.8, 4) is 6.07 Å². The van der Waals surface area contributed by atoms with Crippen LogP contribution in [0.3, 0.4) is 0 Å². The minimum Gasteiger partial charge on any atom is -0.365 e. The molecule has 0 bridgehead atoms. The minimum absolute atomic E-state index is 0.0225. The molecule has 1 aromatic rings. The molecule has 8 heteroatoms. The molecule has 0 aromatic carbocycles. The van der Waals surface area contributed by atoms with Crippen LogP contribution in [0.25, 0.3) is 0 Å². The molecule has 1 saturated heterocycles. The van der Waals surface area contributed by atoms with Crippen LogP contribution in [0.1, 0.15) is 11.3 Å². The van der Waals surface area contributed by atoms with Gasteiger partial charge in [0.1, 0.15) is 6.07 Å². The highest BCUT2D eigenvalue weighted by atomic mass is 19.4. The van der Waals surface area contributed by atoms with Gasteiger partial charge in [-0.1, -0.05) is 0 Å². The van der Waals surface area contributed by atoms with Crippen molar-refractivity contribution < 1.29 is 17.9 Å². The Morgan fingerprint density at radius 1 is 1.47 bits per heavy atom. The third-order valence-electron chi connectivity index (χ3n) is 2.80. The van der Waals surface area contributed by atoms with Crippen molar-refractivity contribution in [2.24, 2.45) is 0 Å². The van der Waals surface area contributed by atoms with E-state index in [-0.39, 0.29) is 18.8 Å². The van der Waals surface area contributed by atoms with Gasteiger partial charge < -0.3 is 9.64 Å². The zero-order valence-electron chi connectivity index (χ0n) is 10.1. The maximum absolute atomic E-state index is 12.6. The van der Waals surface area contributed by atoms with Gasteiger partial charge in [-0.05, 0) is 18.6 Å². The molecule has 2 rings (SSSR count). The van der Waals surface area contributed by atoms with Crippen molar-refractivity contribution >= 4 is 5.82 Å². The lowest BCUT2D eigenvalue weighted by atomic mass is 10.2. The zero-order chi connectivity index (χ0) is 14.0. The number of aromatic nitrogens is 2. The van der Waals surface area contributed by atoms with Crippen molar-refractivity contribution in [3.05, 3.63) is 17.3 Å². The zero-order valence-corrected chi connectivity index (χ0v) is 10.1. The number of ether oxygens (including phenoxy) is 1. The topological polar surface area (TPSA) is 62.0 Å². The van der Waals surface area contributed by atoms with Crippen molar-refractivity contribution in [1.29, 1.82) is 5.26 Å². The lowest BCUT2D eigenvalue weighted by Crippen LogP contribution is -2.49. The summed E-state index contributed by atoms with van der Waals surface area (Å²) in [5, 5.41) is 16.1. The summed E-state index contributed by atoms with van der Waals surface area (Å²) in [6.45, 7) is 1.66. The number of aryl methyl sites for hydroxylation is 1. The summed E-state index contributed by atoms with van der Waals surface area (Å²) in [7, 11) is 0. The first-order valence-corrected chi connectivity index (χ1v) is 5.59. The van der Waals surface area contributed by atoms with E-state index in [1.54, 1.807) is 6.92 Å². The number of morpholine rings is 1. The lowest BCUT2D eigenvalue weighted by Gasteiger charge is -2.34. The average Bonchev–Trinajstić information content (AvgIpc) is 2.37. The number of rotatable bonds is 1. The molecule has 0 saturated carbocycles. The van der Waals surface area contributed by atoms with Gasteiger partial charge in [0.05, 0.1) is 13.2 Å². The molecular formula is C11H11F3N4O. The highest BCUT2D eigenvalue weighted by Gasteiger charge is 2.43. The Bertz CT molecular complexity index is 512. The Balaban J connectivity index is 2.20. The summed E-state index contributed by atoms with van der Waals surface area (Å²) in [5.74, 6) is 0.358. The van der Waals surface area contributed by atoms with Gasteiger partial charge in [0.25, 0.3) is 0 Å². The van der Waals surface area contributed by atoms with Crippen LogP contribution in [0, 0.1) is 18.3 Å². The van der Waals surface area contributed by atoms with Crippen LogP contribution in [-0.4, -0.2) is 42.2 Å². The van der Waals surface area contributed by atoms with Crippen LogP contribution in [0.2, 0.25) is 0 Å². The number of anilines is 1. The minimum atomic E-state index is -4.40. The molecule has 0 radical (unpaired) electrons. The fraction of sp³-hybridized carbons (Fsp3) is 0.545. The molecular weight excluding hydrogens is 261 g/mol. The van der Waals surface area contributed by atoms with E-state index in [1.165, 1.54) is 11.0 Å². The van der Waals surface area contributed by atoms with Crippen LogP contribution in [0.5, 0.6) is 0 Å². The van der Waals surface area contributed by atoms with Crippen molar-refractivity contribution in [2.75, 3.05) is 24.6 Å². The first kappa shape index (κ1) is 13.5. The molecule has 1 aromatic heterocycles. The summed E-state index contributed by atoms with van der Waals surface area (Å²) in [6, 6.07) is 3.33. The van der Waals surface area contributed by atoms with Gasteiger partial charge in [-0.15, -0.1) is 10.2 Å². The second-order valence-corrected chi connectivity index (χ2v) is 4.20. The highest BCUT2D eigenvalue weighted by molar-refractivity contribution is 5.47. The number of nitrogens with zero attached hydrogens (tertiary/aromatic N) is 4. The predicted molar refractivity (Wildman–Crippen MR) is 59.5 cm³/mol. The number of nitriles is 1. The lowest BCUT2D eigenvalue weighted by molar-refractivity contribution is -0.221. The van der Waals surface area contributed by atoms with Crippen LogP contribution < -0.4 is 4.90 Å². The first-order valence-electron chi connectivity index (χ1n) is 5.59. The third kappa shape index (κ3) is 2.93. The van der Waals surface area contributed by atoms with E-state index in [1.807, 2.05) is 6.07 Å². The highest BCUT2D eigenvalue weighted by Crippen LogP contribution is 2.28. The van der Waals surface area contributed by atoms with E-state index < -0.39 is 12.3 Å². The van der Waals surface area contributed by atoms with Crippen LogP contribution in [0.15, 0.2) is 6.07 Å². The van der Waals surface area contributed by atoms with Crippen LogP contribution in [0.4, 0.5) is 19.0 Å². The average molecular weight is 272 g/mol. The molecule has 102 valence electrons. The summed E-state index contributed by atoms with van der Waals surface area (Å²) in [4.78, 5) is 1.48. The number of hydrogen-bond acceptors (Lipinski definition) is 5. The van der Waals surface area contributed by atoms with Crippen molar-refractivity contribution in [1.82, 2.24) is 10.2 Å². The second kappa shape index (κ2) is 5.01. The maximum Gasteiger partial charge on any atom is 0.416 e. The summed E-state index contributed by atoms with van der Waals surface area (Å²) in [5.41, 5.74) is 0.760. The van der Waals surface area contributed by atoms with Crippen LogP contribution >= 0.6 is 0 Å². The Morgan fingerprint density at radius 2 is 2.21 bits per heavy atom. The monoisotopic (exact) mass is 272 g/mol. The molecule has 1 unspecified atom stereocenters. The van der Waals surface area contributed by atoms with E-state index in [9.17, 15) is 13.2 Å². The molecule has 0 aliphatic carbocycles. The molecule has 1 atom stereocenters. The number of hydrogen-bond donors (Lipinski definition) is 0. The summed E-state index contributed by atoms with van der Waals surface area (Å²) >= 11 is 0. The number of alkyl halides is 3. The molecule has 1 fully saturated rings. The molecule has 1 aliphatic rings. The normalized spacial score (nSPS) is 20.2. The maximum atomic E-state index is 12.6. The van der Waals surface area contributed by atoms with Gasteiger partial charge in [0, 0.05) is 6.54 Å². The Hall–Kier alpha value is -1.88. The van der Waals surface area contributed by atoms with Crippen molar-refractivity contribution in [3.63, 3.8) is 0 Å². The van der Waals surface area contributed by atoms with Gasteiger partial charge in [-0.2, -0.15) is 18.4 Å². The molecule has 0 N–H and O–H groups in total. The largest absolute Gasteiger partial charge is 0.416 e. The molecule has 2 heterocycles. The van der Waals surface area contributed by atoms with Gasteiger partial charge >= 0.3 is 6.18 Å². The van der Waals surface area contributed by atoms with E-state index in [2.05, 4.69) is 10.2 Å². The Kier molecular flexibility index (Phi) is 3.57. The quantitative estimate of drug-likeness (QED) is 0.773. The van der Waals surface area contributed by atoms with Crippen molar-refractivity contribution in [2.45, 2.75) is 19.2 Å². The Morgan fingerprint density at radius 3 is 2.79 bits per heavy atom. The van der Waals surface area contributed by atoms with Crippen LogP contribution in [-0.2, 0) is 4.74 Å². The SMILES string of the molecule is Cc1cc(C#N)nnc1N1CCOC(C(F)(F)F)C1. The van der Waals surface area contributed by atoms with E-state index >= 15 is 0 Å². The van der Waals surface area contributed by atoms with E-state index in [4.69, 9.17) is 10.00 Å². The molecule has 19 heavy (non-hydrogen) atoms. The fourth-order valence-electron chi connectivity index (χ4n) is 1.89. The molecule has 0 spiro atoms. The Labute approximate surface area is 107 Å². The number of halogens is 3. The van der Waals surface area contributed by atoms with Gasteiger partial charge in [-0.25, -0.2) is 0 Å². The standard InChI is InChI=1S/C11H11F3N4O/c1-7-4-8(5-15)16-17-10(7)18-2-3-19-9(6-18)11(12,13)14/h4,9H,2-3,6H2,1H3. The smallest absolute Gasteiger partial charge is 0.365 e. The fourth-order valence-corrected chi connectivity index (χ4v) is 1.89. The third-order valence-corrected chi connectivity index (χ3v) is 2.80.